The fourth-order valence-corrected chi connectivity index (χ4v) is 4.28. The van der Waals surface area contributed by atoms with Crippen LogP contribution in [0.5, 0.6) is 0 Å². The Morgan fingerprint density at radius 2 is 1.73 bits per heavy atom. The summed E-state index contributed by atoms with van der Waals surface area (Å²) in [4.78, 5) is 37.5. The third-order valence-electron chi connectivity index (χ3n) is 4.99. The van der Waals surface area contributed by atoms with Crippen molar-refractivity contribution < 1.29 is 9.59 Å². The SMILES string of the molecule is CC(C)(C)n1sc(-c2ccc(NC(=O)CCNC(=O)[C@@H](N)Cc3ccccc3)cc2)cc1=O. The molecule has 0 aliphatic rings. The Labute approximate surface area is 197 Å². The van der Waals surface area contributed by atoms with Gasteiger partial charge in [-0.2, -0.15) is 0 Å². The van der Waals surface area contributed by atoms with E-state index in [1.807, 2.05) is 63.2 Å². The molecule has 0 bridgehead atoms. The molecule has 0 saturated carbocycles. The van der Waals surface area contributed by atoms with Crippen LogP contribution in [0.15, 0.2) is 65.5 Å². The van der Waals surface area contributed by atoms with Crippen molar-refractivity contribution in [2.75, 3.05) is 11.9 Å². The lowest BCUT2D eigenvalue weighted by molar-refractivity contribution is -0.122. The van der Waals surface area contributed by atoms with Crippen molar-refractivity contribution in [1.82, 2.24) is 9.27 Å². The third kappa shape index (κ3) is 6.87. The summed E-state index contributed by atoms with van der Waals surface area (Å²) in [5.74, 6) is -0.486. The third-order valence-corrected chi connectivity index (χ3v) is 6.45. The Hall–Kier alpha value is -3.23. The molecule has 33 heavy (non-hydrogen) atoms. The minimum atomic E-state index is -0.660. The molecule has 0 saturated heterocycles. The number of amides is 2. The van der Waals surface area contributed by atoms with Crippen molar-refractivity contribution in [3.63, 3.8) is 0 Å². The predicted octanol–water partition coefficient (Wildman–Crippen LogP) is 3.35. The first-order valence-electron chi connectivity index (χ1n) is 10.8. The maximum Gasteiger partial charge on any atom is 0.261 e. The Morgan fingerprint density at radius 1 is 1.06 bits per heavy atom. The summed E-state index contributed by atoms with van der Waals surface area (Å²) in [5, 5.41) is 5.53. The highest BCUT2D eigenvalue weighted by molar-refractivity contribution is 7.10. The molecule has 4 N–H and O–H groups in total. The Bertz CT molecular complexity index is 1140. The molecule has 2 aromatic carbocycles. The standard InChI is InChI=1S/C25H30N4O3S/c1-25(2,3)29-23(31)16-21(33-29)18-9-11-19(12-10-18)28-22(30)13-14-27-24(32)20(26)15-17-7-5-4-6-8-17/h4-12,16,20H,13-15,26H2,1-3H3,(H,27,32)(H,28,30)/t20-/m0/s1. The first-order valence-corrected chi connectivity index (χ1v) is 11.6. The van der Waals surface area contributed by atoms with Gasteiger partial charge in [0.25, 0.3) is 5.56 Å². The molecule has 3 rings (SSSR count). The molecule has 7 nitrogen and oxygen atoms in total. The van der Waals surface area contributed by atoms with Gasteiger partial charge >= 0.3 is 0 Å². The number of carbonyl (C=O) groups excluding carboxylic acids is 2. The van der Waals surface area contributed by atoms with Gasteiger partial charge in [-0.3, -0.25) is 18.3 Å². The first kappa shape index (κ1) is 24.4. The van der Waals surface area contributed by atoms with E-state index in [1.165, 1.54) is 11.5 Å². The number of nitrogens with zero attached hydrogens (tertiary/aromatic N) is 1. The average molecular weight is 467 g/mol. The van der Waals surface area contributed by atoms with E-state index in [9.17, 15) is 14.4 Å². The van der Waals surface area contributed by atoms with Crippen molar-refractivity contribution in [2.24, 2.45) is 5.73 Å². The molecule has 8 heteroatoms. The normalized spacial score (nSPS) is 12.2. The minimum Gasteiger partial charge on any atom is -0.354 e. The monoisotopic (exact) mass is 466 g/mol. The second kappa shape index (κ2) is 10.6. The fraction of sp³-hybridized carbons (Fsp3) is 0.320. The van der Waals surface area contributed by atoms with Crippen LogP contribution >= 0.6 is 11.5 Å². The van der Waals surface area contributed by atoms with Crippen LogP contribution in [0.1, 0.15) is 32.8 Å². The topological polar surface area (TPSA) is 106 Å². The number of nitrogens with one attached hydrogen (secondary N) is 2. The van der Waals surface area contributed by atoms with Gasteiger partial charge in [-0.15, -0.1) is 0 Å². The minimum absolute atomic E-state index is 0.0228. The van der Waals surface area contributed by atoms with E-state index < -0.39 is 6.04 Å². The lowest BCUT2D eigenvalue weighted by atomic mass is 10.1. The molecule has 174 valence electrons. The van der Waals surface area contributed by atoms with E-state index in [0.717, 1.165) is 16.0 Å². The van der Waals surface area contributed by atoms with Crippen molar-refractivity contribution >= 4 is 29.0 Å². The van der Waals surface area contributed by atoms with E-state index in [4.69, 9.17) is 5.73 Å². The number of carbonyl (C=O) groups is 2. The summed E-state index contributed by atoms with van der Waals surface area (Å²) in [5.41, 5.74) is 8.22. The summed E-state index contributed by atoms with van der Waals surface area (Å²) < 4.78 is 1.75. The second-order valence-corrected chi connectivity index (χ2v) is 9.85. The number of hydrogen-bond donors (Lipinski definition) is 3. The van der Waals surface area contributed by atoms with Crippen molar-refractivity contribution in [1.29, 1.82) is 0 Å². The van der Waals surface area contributed by atoms with Gasteiger partial charge in [0.05, 0.1) is 16.5 Å². The maximum atomic E-state index is 12.2. The van der Waals surface area contributed by atoms with Gasteiger partial charge in [-0.25, -0.2) is 0 Å². The fourth-order valence-electron chi connectivity index (χ4n) is 3.28. The number of rotatable bonds is 8. The number of anilines is 1. The molecule has 0 fully saturated rings. The van der Waals surface area contributed by atoms with Crippen LogP contribution in [0, 0.1) is 0 Å². The van der Waals surface area contributed by atoms with Crippen LogP contribution in [0.2, 0.25) is 0 Å². The number of hydrogen-bond acceptors (Lipinski definition) is 5. The molecule has 1 atom stereocenters. The maximum absolute atomic E-state index is 12.2. The highest BCUT2D eigenvalue weighted by atomic mass is 32.1. The molecule has 3 aromatic rings. The van der Waals surface area contributed by atoms with Crippen LogP contribution in [0.3, 0.4) is 0 Å². The van der Waals surface area contributed by atoms with Gasteiger partial charge in [-0.05, 0) is 50.5 Å². The molecule has 1 aromatic heterocycles. The van der Waals surface area contributed by atoms with Gasteiger partial charge in [0, 0.05) is 24.7 Å². The van der Waals surface area contributed by atoms with Gasteiger partial charge in [-0.1, -0.05) is 54.0 Å². The summed E-state index contributed by atoms with van der Waals surface area (Å²) in [6, 6.07) is 17.9. The van der Waals surface area contributed by atoms with E-state index in [-0.39, 0.29) is 35.9 Å². The number of aromatic nitrogens is 1. The van der Waals surface area contributed by atoms with Crippen molar-refractivity contribution in [3.8, 4) is 10.4 Å². The van der Waals surface area contributed by atoms with E-state index in [2.05, 4.69) is 10.6 Å². The Balaban J connectivity index is 1.47. The molecule has 0 radical (unpaired) electrons. The van der Waals surface area contributed by atoms with Crippen molar-refractivity contribution in [3.05, 3.63) is 76.6 Å². The lowest BCUT2D eigenvalue weighted by Crippen LogP contribution is -2.42. The average Bonchev–Trinajstić information content (AvgIpc) is 3.17. The molecule has 1 heterocycles. The van der Waals surface area contributed by atoms with E-state index in [0.29, 0.717) is 12.1 Å². The summed E-state index contributed by atoms with van der Waals surface area (Å²) >= 11 is 1.42. The molecule has 0 aliphatic heterocycles. The van der Waals surface area contributed by atoms with Crippen molar-refractivity contribution in [2.45, 2.75) is 45.2 Å². The first-order chi connectivity index (χ1) is 15.6. The van der Waals surface area contributed by atoms with Crippen LogP contribution in [-0.2, 0) is 21.5 Å². The smallest absolute Gasteiger partial charge is 0.261 e. The number of benzene rings is 2. The quantitative estimate of drug-likeness (QED) is 0.473. The number of nitrogens with two attached hydrogens (primary N) is 1. The summed E-state index contributed by atoms with van der Waals surface area (Å²) in [6.07, 6.45) is 0.584. The van der Waals surface area contributed by atoms with Gasteiger partial charge in [0.2, 0.25) is 11.8 Å². The molecule has 2 amide bonds. The zero-order valence-corrected chi connectivity index (χ0v) is 19.9. The molecular formula is C25H30N4O3S. The zero-order valence-electron chi connectivity index (χ0n) is 19.1. The highest BCUT2D eigenvalue weighted by Crippen LogP contribution is 2.27. The molecule has 0 unspecified atom stereocenters. The lowest BCUT2D eigenvalue weighted by Gasteiger charge is -2.18. The molecular weight excluding hydrogens is 436 g/mol. The predicted molar refractivity (Wildman–Crippen MR) is 133 cm³/mol. The van der Waals surface area contributed by atoms with Crippen LogP contribution in [0.4, 0.5) is 5.69 Å². The molecule has 0 aliphatic carbocycles. The highest BCUT2D eigenvalue weighted by Gasteiger charge is 2.18. The Morgan fingerprint density at radius 3 is 2.33 bits per heavy atom. The van der Waals surface area contributed by atoms with Crippen LogP contribution in [-0.4, -0.2) is 28.4 Å². The largest absolute Gasteiger partial charge is 0.354 e. The summed E-state index contributed by atoms with van der Waals surface area (Å²) in [7, 11) is 0. The van der Waals surface area contributed by atoms with Gasteiger partial charge < -0.3 is 16.4 Å². The molecule has 0 spiro atoms. The van der Waals surface area contributed by atoms with E-state index in [1.54, 1.807) is 22.2 Å². The zero-order chi connectivity index (χ0) is 24.0. The van der Waals surface area contributed by atoms with Crippen LogP contribution in [0.25, 0.3) is 10.4 Å². The van der Waals surface area contributed by atoms with Gasteiger partial charge in [0.1, 0.15) is 0 Å². The summed E-state index contributed by atoms with van der Waals surface area (Å²) in [6.45, 7) is 6.19. The Kier molecular flexibility index (Phi) is 7.84. The van der Waals surface area contributed by atoms with E-state index >= 15 is 0 Å². The second-order valence-electron chi connectivity index (χ2n) is 8.87. The van der Waals surface area contributed by atoms with Gasteiger partial charge in [0.15, 0.2) is 0 Å². The van der Waals surface area contributed by atoms with Crippen LogP contribution < -0.4 is 21.9 Å².